The van der Waals surface area contributed by atoms with Gasteiger partial charge in [0.25, 0.3) is 0 Å². The molecule has 5 unspecified atom stereocenters. The molecule has 1 aromatic carbocycles. The van der Waals surface area contributed by atoms with Crippen LogP contribution < -0.4 is 9.47 Å². The molecule has 9 nitrogen and oxygen atoms in total. The summed E-state index contributed by atoms with van der Waals surface area (Å²) in [6.45, 7) is 14.4. The first kappa shape index (κ1) is 28.4. The zero-order chi connectivity index (χ0) is 30.7. The van der Waals surface area contributed by atoms with E-state index in [0.29, 0.717) is 23.1 Å². The van der Waals surface area contributed by atoms with E-state index in [1.54, 1.807) is 25.2 Å². The van der Waals surface area contributed by atoms with Crippen molar-refractivity contribution in [3.63, 3.8) is 0 Å². The highest BCUT2D eigenvalue weighted by atomic mass is 16.6. The number of benzene rings is 1. The second-order valence-corrected chi connectivity index (χ2v) is 13.3. The number of hydrogen-bond donors (Lipinski definition) is 3. The lowest BCUT2D eigenvalue weighted by Crippen LogP contribution is -2.72. The summed E-state index contributed by atoms with van der Waals surface area (Å²) >= 11 is 0. The second-order valence-electron chi connectivity index (χ2n) is 13.3. The van der Waals surface area contributed by atoms with Crippen molar-refractivity contribution in [2.24, 2.45) is 11.8 Å². The van der Waals surface area contributed by atoms with Crippen LogP contribution in [0.15, 0.2) is 41.5 Å². The van der Waals surface area contributed by atoms with Gasteiger partial charge in [-0.1, -0.05) is 24.3 Å². The van der Waals surface area contributed by atoms with Gasteiger partial charge in [-0.05, 0) is 60.1 Å². The molecule has 4 bridgehead atoms. The summed E-state index contributed by atoms with van der Waals surface area (Å²) in [7, 11) is 0. The van der Waals surface area contributed by atoms with Crippen LogP contribution in [0.5, 0.6) is 17.2 Å². The third-order valence-corrected chi connectivity index (χ3v) is 9.62. The van der Waals surface area contributed by atoms with Crippen LogP contribution in [0.4, 0.5) is 0 Å². The molecule has 0 radical (unpaired) electrons. The smallest absolute Gasteiger partial charge is 0.330 e. The summed E-state index contributed by atoms with van der Waals surface area (Å²) in [5, 5.41) is 32.1. The van der Waals surface area contributed by atoms with E-state index < -0.39 is 52.1 Å². The predicted molar refractivity (Wildman–Crippen MR) is 153 cm³/mol. The van der Waals surface area contributed by atoms with E-state index in [1.807, 2.05) is 27.7 Å². The largest absolute Gasteiger partial charge is 0.506 e. The maximum atomic E-state index is 14.5. The van der Waals surface area contributed by atoms with E-state index in [2.05, 4.69) is 6.58 Å². The number of ketones is 2. The quantitative estimate of drug-likeness (QED) is 0.330. The highest BCUT2D eigenvalue weighted by Gasteiger charge is 2.81. The van der Waals surface area contributed by atoms with Crippen molar-refractivity contribution in [1.29, 1.82) is 0 Å². The number of aromatic hydroxyl groups is 1. The maximum Gasteiger partial charge on any atom is 0.330 e. The van der Waals surface area contributed by atoms with Gasteiger partial charge in [0.2, 0.25) is 0 Å². The van der Waals surface area contributed by atoms with Crippen molar-refractivity contribution >= 4 is 23.6 Å². The van der Waals surface area contributed by atoms with Crippen LogP contribution >= 0.6 is 0 Å². The number of rotatable bonds is 6. The summed E-state index contributed by atoms with van der Waals surface area (Å²) < 4.78 is 19.9. The van der Waals surface area contributed by atoms with Gasteiger partial charge in [-0.2, -0.15) is 0 Å². The van der Waals surface area contributed by atoms with Crippen molar-refractivity contribution in [1.82, 2.24) is 0 Å². The average molecular weight is 577 g/mol. The molecule has 0 aromatic heterocycles. The first-order valence-electron chi connectivity index (χ1n) is 14.2. The molecule has 1 saturated carbocycles. The molecule has 1 aromatic rings. The molecule has 2 fully saturated rings. The molecule has 0 amide bonds. The Balaban J connectivity index is 1.65. The fourth-order valence-corrected chi connectivity index (χ4v) is 7.51. The molecule has 3 N–H and O–H groups in total. The molecule has 9 heteroatoms. The Morgan fingerprint density at radius 2 is 1.86 bits per heavy atom. The molecule has 5 atom stereocenters. The van der Waals surface area contributed by atoms with Crippen LogP contribution in [-0.2, 0) is 20.7 Å². The third kappa shape index (κ3) is 3.53. The van der Waals surface area contributed by atoms with E-state index in [9.17, 15) is 29.7 Å². The molecule has 7 rings (SSSR count). The Morgan fingerprint density at radius 1 is 1.17 bits per heavy atom. The highest BCUT2D eigenvalue weighted by molar-refractivity contribution is 6.19. The monoisotopic (exact) mass is 576 g/mol. The number of ether oxygens (including phenoxy) is 3. The summed E-state index contributed by atoms with van der Waals surface area (Å²) in [6.07, 6.45) is 5.78. The SMILES string of the molecule is C=C(C)C(O)Cc1c2c(c(O)c3c1OC14C(=CC5CC1C(C)(C)OC4(CC=C(C)C(=O)O)C5=O)C3=O)C=CC(C)(C)O2. The molecule has 3 heterocycles. The van der Waals surface area contributed by atoms with Crippen molar-refractivity contribution in [2.75, 3.05) is 0 Å². The second kappa shape index (κ2) is 8.67. The summed E-state index contributed by atoms with van der Waals surface area (Å²) in [5.74, 6) is -2.98. The summed E-state index contributed by atoms with van der Waals surface area (Å²) in [5.41, 5.74) is -3.59. The number of carboxylic acid groups (broad SMARTS) is 1. The fraction of sp³-hybridized carbons (Fsp3) is 0.485. The number of carbonyl (C=O) groups is 3. The minimum Gasteiger partial charge on any atom is -0.506 e. The number of carbonyl (C=O) groups excluding carboxylic acids is 2. The topological polar surface area (TPSA) is 140 Å². The Labute approximate surface area is 244 Å². The van der Waals surface area contributed by atoms with Gasteiger partial charge in [0.15, 0.2) is 22.8 Å². The number of aliphatic carboxylic acids is 1. The molecule has 1 spiro atoms. The van der Waals surface area contributed by atoms with E-state index in [4.69, 9.17) is 14.2 Å². The first-order valence-corrected chi connectivity index (χ1v) is 14.2. The Hall–Kier alpha value is -3.69. The maximum absolute atomic E-state index is 14.5. The number of aliphatic hydroxyl groups excluding tert-OH is 1. The van der Waals surface area contributed by atoms with Crippen LogP contribution in [0, 0.1) is 11.8 Å². The van der Waals surface area contributed by atoms with Gasteiger partial charge in [-0.25, -0.2) is 4.79 Å². The molecular weight excluding hydrogens is 540 g/mol. The van der Waals surface area contributed by atoms with Gasteiger partial charge in [0.1, 0.15) is 28.4 Å². The average Bonchev–Trinajstić information content (AvgIpc) is 3.05. The summed E-state index contributed by atoms with van der Waals surface area (Å²) in [6, 6.07) is 0. The van der Waals surface area contributed by atoms with E-state index in [1.165, 1.54) is 13.0 Å². The predicted octanol–water partition coefficient (Wildman–Crippen LogP) is 4.48. The molecule has 1 saturated heterocycles. The lowest BCUT2D eigenvalue weighted by atomic mass is 9.51. The number of carboxylic acids is 1. The van der Waals surface area contributed by atoms with Crippen molar-refractivity contribution < 1.29 is 43.9 Å². The number of phenols is 1. The third-order valence-electron chi connectivity index (χ3n) is 9.62. The van der Waals surface area contributed by atoms with Gasteiger partial charge in [0.05, 0.1) is 17.3 Å². The molecule has 42 heavy (non-hydrogen) atoms. The number of phenolic OH excluding ortho intramolecular Hbond substituents is 1. The molecule has 3 aliphatic carbocycles. The number of hydrogen-bond acceptors (Lipinski definition) is 8. The van der Waals surface area contributed by atoms with E-state index in [-0.39, 0.29) is 52.6 Å². The van der Waals surface area contributed by atoms with Crippen LogP contribution in [0.25, 0.3) is 6.08 Å². The minimum absolute atomic E-state index is 0.0247. The molecular formula is C33H36O9. The minimum atomic E-state index is -1.69. The fourth-order valence-electron chi connectivity index (χ4n) is 7.51. The molecule has 222 valence electrons. The van der Waals surface area contributed by atoms with Gasteiger partial charge >= 0.3 is 5.97 Å². The Morgan fingerprint density at radius 3 is 2.50 bits per heavy atom. The van der Waals surface area contributed by atoms with Crippen molar-refractivity contribution in [3.8, 4) is 17.2 Å². The lowest BCUT2D eigenvalue weighted by Gasteiger charge is -2.56. The zero-order valence-corrected chi connectivity index (χ0v) is 24.7. The van der Waals surface area contributed by atoms with Crippen molar-refractivity contribution in [2.45, 2.75) is 89.3 Å². The number of allylic oxidation sites excluding steroid dienone is 1. The molecule has 3 aliphatic heterocycles. The normalized spacial score (nSPS) is 31.8. The zero-order valence-electron chi connectivity index (χ0n) is 24.7. The number of fused-ring (bicyclic) bond motifs is 2. The summed E-state index contributed by atoms with van der Waals surface area (Å²) in [4.78, 5) is 40.4. The van der Waals surface area contributed by atoms with Crippen LogP contribution in [-0.4, -0.2) is 61.4 Å². The molecule has 6 aliphatic rings. The number of aliphatic hydroxyl groups is 1. The van der Waals surface area contributed by atoms with Crippen LogP contribution in [0.2, 0.25) is 0 Å². The van der Waals surface area contributed by atoms with Gasteiger partial charge < -0.3 is 29.5 Å². The first-order chi connectivity index (χ1) is 19.5. The van der Waals surface area contributed by atoms with E-state index in [0.717, 1.165) is 0 Å². The van der Waals surface area contributed by atoms with Gasteiger partial charge in [-0.3, -0.25) is 9.59 Å². The van der Waals surface area contributed by atoms with Gasteiger partial charge in [-0.15, -0.1) is 0 Å². The Bertz CT molecular complexity index is 1590. The van der Waals surface area contributed by atoms with Crippen molar-refractivity contribution in [3.05, 3.63) is 58.2 Å². The lowest BCUT2D eigenvalue weighted by molar-refractivity contribution is -0.171. The van der Waals surface area contributed by atoms with Gasteiger partial charge in [0, 0.05) is 41.4 Å². The highest BCUT2D eigenvalue weighted by Crippen LogP contribution is 2.68. The Kier molecular flexibility index (Phi) is 5.87. The number of Topliss-reactive ketones (excluding diaryl/α,β-unsaturated/α-hetero) is 2. The standard InChI is InChI=1S/C33H36O9/c1-15(2)21(34)14-19-26-18(9-10-30(4,5)40-26)24(35)23-25(36)20-12-17-13-22-31(6,7)42-32(28(17)37,11-8-16(3)29(38)39)33(20,22)41-27(19)23/h8-10,12,17,21-22,34-35H,1,11,13-14H2,2-7H3,(H,38,39). The van der Waals surface area contributed by atoms with Crippen LogP contribution in [0.1, 0.15) is 75.9 Å². The van der Waals surface area contributed by atoms with E-state index >= 15 is 0 Å². The van der Waals surface area contributed by atoms with Crippen LogP contribution in [0.3, 0.4) is 0 Å².